The summed E-state index contributed by atoms with van der Waals surface area (Å²) >= 11 is 0. The third kappa shape index (κ3) is 6.17. The lowest BCUT2D eigenvalue weighted by Crippen LogP contribution is -2.40. The Morgan fingerprint density at radius 2 is 1.44 bits per heavy atom. The lowest BCUT2D eigenvalue weighted by atomic mass is 9.90. The predicted molar refractivity (Wildman–Crippen MR) is 157 cm³/mol. The summed E-state index contributed by atoms with van der Waals surface area (Å²) < 4.78 is 0. The molecule has 0 atom stereocenters. The largest absolute Gasteiger partial charge is 0.367 e. The monoisotopic (exact) mass is 522 g/mol. The van der Waals surface area contributed by atoms with Crippen molar-refractivity contribution in [1.29, 1.82) is 0 Å². The van der Waals surface area contributed by atoms with E-state index in [9.17, 15) is 9.59 Å². The maximum atomic E-state index is 13.3. The second kappa shape index (κ2) is 11.5. The number of amides is 2. The molecule has 1 aliphatic rings. The van der Waals surface area contributed by atoms with Gasteiger partial charge in [0.2, 0.25) is 0 Å². The minimum absolute atomic E-state index is 0.0502. The van der Waals surface area contributed by atoms with E-state index < -0.39 is 0 Å². The number of nitrogens with one attached hydrogen (secondary N) is 3. The van der Waals surface area contributed by atoms with Crippen molar-refractivity contribution in [2.24, 2.45) is 0 Å². The van der Waals surface area contributed by atoms with Crippen LogP contribution >= 0.6 is 0 Å². The number of nitrogens with zero attached hydrogens (tertiary/aromatic N) is 3. The fraction of sp³-hybridized carbons (Fsp3) is 0.290. The minimum atomic E-state index is -0.303. The van der Waals surface area contributed by atoms with Gasteiger partial charge in [-0.2, -0.15) is 0 Å². The molecule has 0 spiro atoms. The number of hydrogen-bond acceptors (Lipinski definition) is 6. The Labute approximate surface area is 228 Å². The van der Waals surface area contributed by atoms with Crippen LogP contribution in [0.2, 0.25) is 0 Å². The summed E-state index contributed by atoms with van der Waals surface area (Å²) in [5.41, 5.74) is 1.45. The quantitative estimate of drug-likeness (QED) is 0.300. The summed E-state index contributed by atoms with van der Waals surface area (Å²) in [5.74, 6) is 1.89. The molecule has 3 aromatic carbocycles. The van der Waals surface area contributed by atoms with E-state index in [0.29, 0.717) is 11.1 Å². The fourth-order valence-corrected chi connectivity index (χ4v) is 5.11. The molecular weight excluding hydrogens is 488 g/mol. The van der Waals surface area contributed by atoms with Crippen molar-refractivity contribution in [3.63, 3.8) is 0 Å². The van der Waals surface area contributed by atoms with Crippen molar-refractivity contribution < 1.29 is 9.59 Å². The third-order valence-corrected chi connectivity index (χ3v) is 7.15. The summed E-state index contributed by atoms with van der Waals surface area (Å²) in [6, 6.07) is 22.9. The first kappa shape index (κ1) is 26.2. The second-order valence-electron chi connectivity index (χ2n) is 10.2. The average Bonchev–Trinajstić information content (AvgIpc) is 2.94. The van der Waals surface area contributed by atoms with Crippen molar-refractivity contribution in [2.45, 2.75) is 44.7 Å². The number of anilines is 3. The number of hydrogen-bond donors (Lipinski definition) is 3. The van der Waals surface area contributed by atoms with Gasteiger partial charge in [0.1, 0.15) is 17.5 Å². The molecule has 4 aromatic rings. The van der Waals surface area contributed by atoms with Crippen molar-refractivity contribution >= 4 is 39.9 Å². The van der Waals surface area contributed by atoms with Gasteiger partial charge in [0, 0.05) is 43.3 Å². The van der Waals surface area contributed by atoms with Gasteiger partial charge in [-0.1, -0.05) is 48.5 Å². The lowest BCUT2D eigenvalue weighted by molar-refractivity contribution is 0.0916. The fourth-order valence-electron chi connectivity index (χ4n) is 5.11. The van der Waals surface area contributed by atoms with E-state index >= 15 is 0 Å². The topological polar surface area (TPSA) is 99.2 Å². The van der Waals surface area contributed by atoms with Gasteiger partial charge in [0.15, 0.2) is 0 Å². The van der Waals surface area contributed by atoms with Crippen LogP contribution in [0.5, 0.6) is 0 Å². The molecule has 1 fully saturated rings. The number of benzene rings is 3. The first-order chi connectivity index (χ1) is 18.9. The molecule has 0 saturated heterocycles. The number of aromatic nitrogens is 2. The van der Waals surface area contributed by atoms with E-state index in [0.717, 1.165) is 59.6 Å². The molecule has 200 valence electrons. The number of aryl methyl sites for hydroxylation is 1. The first-order valence-electron chi connectivity index (χ1n) is 13.4. The SMILES string of the molecule is Cc1nc(NC2CCC(NC(=O)c3ccccc3C(=O)Nc3cccc4ccccc34)CC2)cc(N(C)C)n1. The van der Waals surface area contributed by atoms with Crippen LogP contribution < -0.4 is 20.9 Å². The Hall–Kier alpha value is -4.46. The minimum Gasteiger partial charge on any atom is -0.367 e. The van der Waals surface area contributed by atoms with Crippen LogP contribution in [-0.4, -0.2) is 48.0 Å². The zero-order valence-electron chi connectivity index (χ0n) is 22.6. The average molecular weight is 523 g/mol. The van der Waals surface area contributed by atoms with Gasteiger partial charge in [-0.05, 0) is 56.2 Å². The van der Waals surface area contributed by atoms with Crippen LogP contribution in [0.15, 0.2) is 72.8 Å². The Kier molecular flexibility index (Phi) is 7.72. The summed E-state index contributed by atoms with van der Waals surface area (Å²) in [7, 11) is 3.93. The Morgan fingerprint density at radius 1 is 0.795 bits per heavy atom. The zero-order chi connectivity index (χ0) is 27.4. The molecule has 2 amide bonds. The molecule has 8 nitrogen and oxygen atoms in total. The van der Waals surface area contributed by atoms with Gasteiger partial charge in [-0.25, -0.2) is 9.97 Å². The molecule has 39 heavy (non-hydrogen) atoms. The molecule has 8 heteroatoms. The molecule has 1 aromatic heterocycles. The Bertz CT molecular complexity index is 1490. The van der Waals surface area contributed by atoms with Crippen LogP contribution in [-0.2, 0) is 0 Å². The highest BCUT2D eigenvalue weighted by molar-refractivity contribution is 6.14. The highest BCUT2D eigenvalue weighted by Crippen LogP contribution is 2.25. The molecule has 0 unspecified atom stereocenters. The third-order valence-electron chi connectivity index (χ3n) is 7.15. The molecule has 1 heterocycles. The van der Waals surface area contributed by atoms with Crippen LogP contribution in [0, 0.1) is 6.92 Å². The first-order valence-corrected chi connectivity index (χ1v) is 13.4. The predicted octanol–water partition coefficient (Wildman–Crippen LogP) is 5.41. The summed E-state index contributed by atoms with van der Waals surface area (Å²) in [6.45, 7) is 1.89. The van der Waals surface area contributed by atoms with Gasteiger partial charge in [0.25, 0.3) is 11.8 Å². The molecule has 0 bridgehead atoms. The van der Waals surface area contributed by atoms with Gasteiger partial charge < -0.3 is 20.9 Å². The van der Waals surface area contributed by atoms with E-state index in [1.54, 1.807) is 24.3 Å². The van der Waals surface area contributed by atoms with Gasteiger partial charge in [-0.15, -0.1) is 0 Å². The number of rotatable bonds is 7. The smallest absolute Gasteiger partial charge is 0.256 e. The number of carbonyl (C=O) groups is 2. The molecule has 3 N–H and O–H groups in total. The van der Waals surface area contributed by atoms with Crippen LogP contribution in [0.1, 0.15) is 52.2 Å². The van der Waals surface area contributed by atoms with Gasteiger partial charge >= 0.3 is 0 Å². The normalized spacial score (nSPS) is 16.9. The van der Waals surface area contributed by atoms with Gasteiger partial charge in [0.05, 0.1) is 11.1 Å². The van der Waals surface area contributed by atoms with E-state index in [1.165, 1.54) is 0 Å². The molecule has 1 saturated carbocycles. The van der Waals surface area contributed by atoms with Crippen molar-refractivity contribution in [1.82, 2.24) is 15.3 Å². The second-order valence-corrected chi connectivity index (χ2v) is 10.2. The van der Waals surface area contributed by atoms with Crippen molar-refractivity contribution in [3.05, 3.63) is 89.7 Å². The van der Waals surface area contributed by atoms with E-state index in [1.807, 2.05) is 74.4 Å². The summed E-state index contributed by atoms with van der Waals surface area (Å²) in [6.07, 6.45) is 3.51. The molecule has 1 aliphatic carbocycles. The highest BCUT2D eigenvalue weighted by Gasteiger charge is 2.25. The summed E-state index contributed by atoms with van der Waals surface area (Å²) in [5, 5.41) is 11.7. The van der Waals surface area contributed by atoms with Crippen LogP contribution in [0.3, 0.4) is 0 Å². The van der Waals surface area contributed by atoms with Crippen molar-refractivity contribution in [2.75, 3.05) is 29.6 Å². The van der Waals surface area contributed by atoms with Crippen molar-refractivity contribution in [3.8, 4) is 0 Å². The van der Waals surface area contributed by atoms with E-state index in [-0.39, 0.29) is 23.9 Å². The zero-order valence-corrected chi connectivity index (χ0v) is 22.6. The standard InChI is InChI=1S/C31H34N6O2/c1-20-32-28(19-29(33-20)37(2)3)34-22-15-17-23(18-16-22)35-30(38)25-12-6-7-13-26(25)31(39)36-27-14-8-10-21-9-4-5-11-24(21)27/h4-14,19,22-23H,15-18H2,1-3H3,(H,35,38)(H,36,39)(H,32,33,34). The lowest BCUT2D eigenvalue weighted by Gasteiger charge is -2.30. The van der Waals surface area contributed by atoms with Crippen LogP contribution in [0.4, 0.5) is 17.3 Å². The molecule has 0 aliphatic heterocycles. The number of fused-ring (bicyclic) bond motifs is 1. The van der Waals surface area contributed by atoms with E-state index in [2.05, 4.69) is 25.9 Å². The molecule has 0 radical (unpaired) electrons. The molecular formula is C31H34N6O2. The van der Waals surface area contributed by atoms with Gasteiger partial charge in [-0.3, -0.25) is 9.59 Å². The maximum absolute atomic E-state index is 13.3. The van der Waals surface area contributed by atoms with Crippen LogP contribution in [0.25, 0.3) is 10.8 Å². The Morgan fingerprint density at radius 3 is 2.18 bits per heavy atom. The highest BCUT2D eigenvalue weighted by atomic mass is 16.2. The maximum Gasteiger partial charge on any atom is 0.256 e. The summed E-state index contributed by atoms with van der Waals surface area (Å²) in [4.78, 5) is 37.5. The van der Waals surface area contributed by atoms with E-state index in [4.69, 9.17) is 0 Å². The number of carbonyl (C=O) groups excluding carboxylic acids is 2. The molecule has 5 rings (SSSR count). The Balaban J connectivity index is 1.21.